The molecule has 12 heteroatoms. The molecular formula is C32H37N5O7. The summed E-state index contributed by atoms with van der Waals surface area (Å²) in [4.78, 5) is 70.8. The summed E-state index contributed by atoms with van der Waals surface area (Å²) in [6.45, 7) is 9.63. The lowest BCUT2D eigenvalue weighted by Gasteiger charge is -2.20. The molecule has 5 heterocycles. The van der Waals surface area contributed by atoms with Gasteiger partial charge in [-0.25, -0.2) is 19.6 Å². The van der Waals surface area contributed by atoms with Crippen LogP contribution in [-0.4, -0.2) is 66.7 Å². The van der Waals surface area contributed by atoms with Crippen molar-refractivity contribution in [3.63, 3.8) is 0 Å². The van der Waals surface area contributed by atoms with Crippen molar-refractivity contribution >= 4 is 39.9 Å². The number of carbonyl (C=O) groups is 3. The van der Waals surface area contributed by atoms with E-state index in [-0.39, 0.29) is 23.6 Å². The van der Waals surface area contributed by atoms with E-state index < -0.39 is 22.8 Å². The van der Waals surface area contributed by atoms with Crippen molar-refractivity contribution in [2.75, 3.05) is 19.7 Å². The van der Waals surface area contributed by atoms with Gasteiger partial charge in [0.05, 0.1) is 10.8 Å². The van der Waals surface area contributed by atoms with Gasteiger partial charge in [-0.05, 0) is 64.8 Å². The second-order valence-corrected chi connectivity index (χ2v) is 10.6. The smallest absolute Gasteiger partial charge is 0.344 e. The fourth-order valence-electron chi connectivity index (χ4n) is 5.12. The highest BCUT2D eigenvalue weighted by molar-refractivity contribution is 5.94. The number of nitrogens with zero attached hydrogens (tertiary/aromatic N) is 5. The number of carboxylic acids is 1. The molecule has 0 radical (unpaired) electrons. The van der Waals surface area contributed by atoms with Gasteiger partial charge in [0.15, 0.2) is 6.61 Å². The zero-order valence-corrected chi connectivity index (χ0v) is 25.5. The van der Waals surface area contributed by atoms with Crippen LogP contribution in [0.15, 0.2) is 46.2 Å². The monoisotopic (exact) mass is 603 g/mol. The van der Waals surface area contributed by atoms with Crippen molar-refractivity contribution < 1.29 is 24.2 Å². The van der Waals surface area contributed by atoms with E-state index in [0.29, 0.717) is 48.2 Å². The highest BCUT2D eigenvalue weighted by atomic mass is 16.5. The molecule has 0 aromatic carbocycles. The van der Waals surface area contributed by atoms with Crippen LogP contribution < -0.4 is 10.9 Å². The fraction of sp³-hybridized carbons (Fsp3) is 0.406. The molecule has 1 aliphatic rings. The highest BCUT2D eigenvalue weighted by Crippen LogP contribution is 2.13. The molecule has 1 aliphatic heterocycles. The maximum absolute atomic E-state index is 12.7. The van der Waals surface area contributed by atoms with Crippen LogP contribution in [0.4, 0.5) is 0 Å². The first kappa shape index (κ1) is 32.1. The Bertz CT molecular complexity index is 1840. The Morgan fingerprint density at radius 1 is 0.773 bits per heavy atom. The van der Waals surface area contributed by atoms with Gasteiger partial charge < -0.3 is 23.9 Å². The highest BCUT2D eigenvalue weighted by Gasteiger charge is 2.21. The number of aromatic carboxylic acids is 1. The van der Waals surface area contributed by atoms with Crippen molar-refractivity contribution in [2.45, 2.75) is 66.5 Å². The van der Waals surface area contributed by atoms with Crippen LogP contribution in [0, 0.1) is 13.8 Å². The lowest BCUT2D eigenvalue weighted by Crippen LogP contribution is -2.35. The average molecular weight is 604 g/mol. The second kappa shape index (κ2) is 14.1. The molecule has 0 atom stereocenters. The minimum absolute atomic E-state index is 0.0707. The van der Waals surface area contributed by atoms with Gasteiger partial charge in [-0.2, -0.15) is 0 Å². The molecule has 0 saturated carbocycles. The van der Waals surface area contributed by atoms with Crippen LogP contribution >= 0.6 is 0 Å². The number of pyridine rings is 4. The lowest BCUT2D eigenvalue weighted by molar-refractivity contribution is -0.134. The first-order valence-corrected chi connectivity index (χ1v) is 14.8. The summed E-state index contributed by atoms with van der Waals surface area (Å²) >= 11 is 0. The number of carboxylic acid groups (broad SMARTS) is 1. The number of aromatic nitrogens is 4. The Morgan fingerprint density at radius 3 is 1.73 bits per heavy atom. The van der Waals surface area contributed by atoms with Crippen LogP contribution in [0.1, 0.15) is 71.6 Å². The second-order valence-electron chi connectivity index (χ2n) is 10.6. The largest absolute Gasteiger partial charge is 0.477 e. The first-order chi connectivity index (χ1) is 21.0. The molecular weight excluding hydrogens is 566 g/mol. The summed E-state index contributed by atoms with van der Waals surface area (Å²) in [7, 11) is 0. The number of rotatable bonds is 6. The zero-order chi connectivity index (χ0) is 32.0. The number of hydrogen-bond acceptors (Lipinski definition) is 8. The number of hydrogen-bond donors (Lipinski definition) is 1. The van der Waals surface area contributed by atoms with Crippen LogP contribution in [0.3, 0.4) is 0 Å². The Morgan fingerprint density at radius 2 is 1.25 bits per heavy atom. The summed E-state index contributed by atoms with van der Waals surface area (Å²) < 4.78 is 8.59. The molecule has 0 unspecified atom stereocenters. The minimum atomic E-state index is -1.21. The van der Waals surface area contributed by atoms with Crippen molar-refractivity contribution in [3.8, 4) is 0 Å². The van der Waals surface area contributed by atoms with Gasteiger partial charge in [0.25, 0.3) is 5.91 Å². The first-order valence-electron chi connectivity index (χ1n) is 14.8. The van der Waals surface area contributed by atoms with Gasteiger partial charge >= 0.3 is 11.9 Å². The summed E-state index contributed by atoms with van der Waals surface area (Å²) in [6.07, 6.45) is 6.99. The van der Waals surface area contributed by atoms with Gasteiger partial charge in [0.2, 0.25) is 10.9 Å². The third kappa shape index (κ3) is 7.01. The van der Waals surface area contributed by atoms with Gasteiger partial charge in [0, 0.05) is 50.0 Å². The van der Waals surface area contributed by atoms with E-state index in [1.54, 1.807) is 38.3 Å². The van der Waals surface area contributed by atoms with Crippen molar-refractivity contribution in [3.05, 3.63) is 79.6 Å². The van der Waals surface area contributed by atoms with Gasteiger partial charge in [-0.3, -0.25) is 14.4 Å². The van der Waals surface area contributed by atoms with Crippen LogP contribution in [-0.2, 0) is 22.6 Å². The molecule has 232 valence electrons. The molecule has 1 saturated heterocycles. The molecule has 1 N–H and O–H groups in total. The molecule has 12 nitrogen and oxygen atoms in total. The maximum atomic E-state index is 12.7. The molecule has 0 bridgehead atoms. The normalized spacial score (nSPS) is 13.2. The number of aryl methyl sites for hydroxylation is 4. The third-order valence-electron chi connectivity index (χ3n) is 7.54. The van der Waals surface area contributed by atoms with E-state index >= 15 is 0 Å². The summed E-state index contributed by atoms with van der Waals surface area (Å²) in [5.41, 5.74) is 1.47. The number of fused-ring (bicyclic) bond motifs is 2. The number of amides is 1. The van der Waals surface area contributed by atoms with E-state index in [4.69, 9.17) is 9.84 Å². The summed E-state index contributed by atoms with van der Waals surface area (Å²) in [5, 5.41) is 9.68. The number of esters is 1. The Balaban J connectivity index is 0.000000223. The van der Waals surface area contributed by atoms with Crippen molar-refractivity contribution in [2.24, 2.45) is 0 Å². The SMILES string of the molecule is CCn1cc(C(=O)O)c(=O)c2ccc(C)nc21.CCn1cc(C(=O)OCC(=O)N2CCCCCC2)c(=O)c2ccc(C)nc21. The Labute approximate surface area is 253 Å². The number of likely N-dealkylation sites (tertiary alicyclic amines) is 1. The van der Waals surface area contributed by atoms with Crippen molar-refractivity contribution in [1.29, 1.82) is 0 Å². The van der Waals surface area contributed by atoms with Gasteiger partial charge in [0.1, 0.15) is 22.4 Å². The Kier molecular flexibility index (Phi) is 10.2. The zero-order valence-electron chi connectivity index (χ0n) is 25.5. The summed E-state index contributed by atoms with van der Waals surface area (Å²) in [5.74, 6) is -2.19. The van der Waals surface area contributed by atoms with Crippen molar-refractivity contribution in [1.82, 2.24) is 24.0 Å². The van der Waals surface area contributed by atoms with Crippen LogP contribution in [0.5, 0.6) is 0 Å². The third-order valence-corrected chi connectivity index (χ3v) is 7.54. The van der Waals surface area contributed by atoms with Crippen LogP contribution in [0.25, 0.3) is 22.1 Å². The molecule has 0 spiro atoms. The van der Waals surface area contributed by atoms with E-state index in [1.165, 1.54) is 12.4 Å². The topological polar surface area (TPSA) is 154 Å². The lowest BCUT2D eigenvalue weighted by atomic mass is 10.2. The van der Waals surface area contributed by atoms with Gasteiger partial charge in [-0.1, -0.05) is 12.8 Å². The fourth-order valence-corrected chi connectivity index (χ4v) is 5.12. The standard InChI is InChI=1S/C20H25N3O4.C12H12N2O3/c1-3-22-12-16(18(25)15-9-8-14(2)21-19(15)22)20(26)27-13-17(24)23-10-6-4-5-7-11-23;1-3-14-6-9(12(16)17)10(15)8-5-4-7(2)13-11(8)14/h8-9,12H,3-7,10-11,13H2,1-2H3;4-6H,3H2,1-2H3,(H,16,17). The molecule has 0 aliphatic carbocycles. The quantitative estimate of drug-likeness (QED) is 0.325. The molecule has 5 rings (SSSR count). The van der Waals surface area contributed by atoms with E-state index in [2.05, 4.69) is 9.97 Å². The molecule has 1 amide bonds. The Hall–Kier alpha value is -4.87. The van der Waals surface area contributed by atoms with E-state index in [9.17, 15) is 24.0 Å². The molecule has 1 fully saturated rings. The van der Waals surface area contributed by atoms with Gasteiger partial charge in [-0.15, -0.1) is 0 Å². The molecule has 4 aromatic heterocycles. The average Bonchev–Trinajstić information content (AvgIpc) is 3.30. The maximum Gasteiger partial charge on any atom is 0.344 e. The van der Waals surface area contributed by atoms with E-state index in [0.717, 1.165) is 37.1 Å². The minimum Gasteiger partial charge on any atom is -0.477 e. The summed E-state index contributed by atoms with van der Waals surface area (Å²) in [6, 6.07) is 6.74. The number of carbonyl (C=O) groups excluding carboxylic acids is 2. The predicted octanol–water partition coefficient (Wildman–Crippen LogP) is 3.71. The number of ether oxygens (including phenoxy) is 1. The van der Waals surface area contributed by atoms with Crippen LogP contribution in [0.2, 0.25) is 0 Å². The molecule has 44 heavy (non-hydrogen) atoms. The predicted molar refractivity (Wildman–Crippen MR) is 165 cm³/mol. The molecule has 4 aromatic rings. The van der Waals surface area contributed by atoms with E-state index in [1.807, 2.05) is 27.7 Å².